The Labute approximate surface area is 166 Å². The average molecular weight is 381 g/mol. The van der Waals surface area contributed by atoms with Crippen LogP contribution in [-0.4, -0.2) is 19.4 Å². The molecule has 0 unspecified atom stereocenters. The fraction of sp³-hybridized carbons (Fsp3) is 0. The summed E-state index contributed by atoms with van der Waals surface area (Å²) in [5, 5.41) is 3.26. The number of nitrogens with one attached hydrogen (secondary N) is 1. The van der Waals surface area contributed by atoms with Crippen molar-refractivity contribution >= 4 is 17.2 Å². The molecule has 0 spiro atoms. The molecule has 29 heavy (non-hydrogen) atoms. The number of nitrogens with zero attached hydrogens (tertiary/aromatic N) is 4. The molecular formula is C23H16FN5. The number of fused-ring (bicyclic) bond motifs is 1. The van der Waals surface area contributed by atoms with Crippen molar-refractivity contribution in [3.63, 3.8) is 0 Å². The highest BCUT2D eigenvalue weighted by atomic mass is 19.1. The second kappa shape index (κ2) is 7.16. The third kappa shape index (κ3) is 3.43. The first-order valence-electron chi connectivity index (χ1n) is 9.13. The molecule has 0 saturated carbocycles. The number of hydrogen-bond acceptors (Lipinski definition) is 4. The van der Waals surface area contributed by atoms with Gasteiger partial charge in [0, 0.05) is 29.8 Å². The molecule has 0 radical (unpaired) electrons. The number of anilines is 2. The standard InChI is InChI=1S/C23H16FN5/c24-19-6-4-16(5-7-19)17-8-11-29-21(14-27-23(29)13-17)18-2-1-3-20(12-18)28-22-15-25-9-10-26-22/h1-15H,(H,26,28). The molecule has 0 aliphatic carbocycles. The first kappa shape index (κ1) is 17.1. The van der Waals surface area contributed by atoms with Gasteiger partial charge in [0.1, 0.15) is 17.3 Å². The van der Waals surface area contributed by atoms with Gasteiger partial charge in [0.2, 0.25) is 0 Å². The van der Waals surface area contributed by atoms with E-state index < -0.39 is 0 Å². The molecular weight excluding hydrogens is 365 g/mol. The Morgan fingerprint density at radius 3 is 2.52 bits per heavy atom. The van der Waals surface area contributed by atoms with Crippen LogP contribution in [0.15, 0.2) is 91.6 Å². The predicted octanol–water partition coefficient (Wildman–Crippen LogP) is 5.34. The molecule has 3 aromatic heterocycles. The number of rotatable bonds is 4. The van der Waals surface area contributed by atoms with Crippen molar-refractivity contribution in [3.05, 3.63) is 97.5 Å². The average Bonchev–Trinajstić information content (AvgIpc) is 3.18. The maximum absolute atomic E-state index is 13.2. The van der Waals surface area contributed by atoms with Gasteiger partial charge >= 0.3 is 0 Å². The summed E-state index contributed by atoms with van der Waals surface area (Å²) in [6, 6.07) is 18.5. The van der Waals surface area contributed by atoms with Gasteiger partial charge in [-0.3, -0.25) is 9.38 Å². The third-order valence-electron chi connectivity index (χ3n) is 4.68. The first-order valence-corrected chi connectivity index (χ1v) is 9.13. The zero-order valence-electron chi connectivity index (χ0n) is 15.3. The van der Waals surface area contributed by atoms with Gasteiger partial charge in [0.05, 0.1) is 18.1 Å². The molecule has 5 nitrogen and oxygen atoms in total. The lowest BCUT2D eigenvalue weighted by atomic mass is 10.1. The van der Waals surface area contributed by atoms with Crippen molar-refractivity contribution in [2.45, 2.75) is 0 Å². The Hall–Kier alpha value is -4.06. The van der Waals surface area contributed by atoms with E-state index >= 15 is 0 Å². The fourth-order valence-electron chi connectivity index (χ4n) is 3.28. The van der Waals surface area contributed by atoms with Gasteiger partial charge in [-0.1, -0.05) is 24.3 Å². The van der Waals surface area contributed by atoms with Crippen LogP contribution in [-0.2, 0) is 0 Å². The van der Waals surface area contributed by atoms with Crippen LogP contribution in [0.3, 0.4) is 0 Å². The smallest absolute Gasteiger partial charge is 0.148 e. The highest BCUT2D eigenvalue weighted by Gasteiger charge is 2.08. The monoisotopic (exact) mass is 381 g/mol. The summed E-state index contributed by atoms with van der Waals surface area (Å²) in [6.07, 6.45) is 8.80. The van der Waals surface area contributed by atoms with Crippen LogP contribution in [0, 0.1) is 5.82 Å². The van der Waals surface area contributed by atoms with Crippen LogP contribution in [0.4, 0.5) is 15.9 Å². The molecule has 0 bridgehead atoms. The summed E-state index contributed by atoms with van der Waals surface area (Å²) in [7, 11) is 0. The predicted molar refractivity (Wildman–Crippen MR) is 111 cm³/mol. The van der Waals surface area contributed by atoms with Gasteiger partial charge < -0.3 is 5.32 Å². The van der Waals surface area contributed by atoms with Crippen LogP contribution < -0.4 is 5.32 Å². The number of halogens is 1. The second-order valence-corrected chi connectivity index (χ2v) is 6.59. The first-order chi connectivity index (χ1) is 14.3. The molecule has 140 valence electrons. The molecule has 5 rings (SSSR count). The summed E-state index contributed by atoms with van der Waals surface area (Å²) in [4.78, 5) is 12.9. The molecule has 0 fully saturated rings. The molecule has 0 aliphatic heterocycles. The van der Waals surface area contributed by atoms with Crippen LogP contribution in [0.2, 0.25) is 0 Å². The third-order valence-corrected chi connectivity index (χ3v) is 4.68. The van der Waals surface area contributed by atoms with Crippen molar-refractivity contribution < 1.29 is 4.39 Å². The van der Waals surface area contributed by atoms with E-state index in [9.17, 15) is 4.39 Å². The lowest BCUT2D eigenvalue weighted by Crippen LogP contribution is -1.94. The summed E-state index contributed by atoms with van der Waals surface area (Å²) >= 11 is 0. The van der Waals surface area contributed by atoms with Gasteiger partial charge in [-0.15, -0.1) is 0 Å². The van der Waals surface area contributed by atoms with Crippen LogP contribution in [0.25, 0.3) is 28.0 Å². The molecule has 0 aliphatic rings. The minimum absolute atomic E-state index is 0.243. The Balaban J connectivity index is 1.49. The van der Waals surface area contributed by atoms with Crippen LogP contribution in [0.1, 0.15) is 0 Å². The van der Waals surface area contributed by atoms with E-state index in [2.05, 4.69) is 20.3 Å². The summed E-state index contributed by atoms with van der Waals surface area (Å²) in [5.41, 5.74) is 5.70. The zero-order valence-corrected chi connectivity index (χ0v) is 15.3. The minimum Gasteiger partial charge on any atom is -0.339 e. The molecule has 1 N–H and O–H groups in total. The van der Waals surface area contributed by atoms with Crippen molar-refractivity contribution in [3.8, 4) is 22.4 Å². The van der Waals surface area contributed by atoms with Crippen molar-refractivity contribution in [2.24, 2.45) is 0 Å². The Bertz CT molecular complexity index is 1280. The van der Waals surface area contributed by atoms with E-state index in [1.807, 2.05) is 53.2 Å². The number of pyridine rings is 1. The van der Waals surface area contributed by atoms with Crippen molar-refractivity contribution in [1.82, 2.24) is 19.4 Å². The number of imidazole rings is 1. The fourth-order valence-corrected chi connectivity index (χ4v) is 3.28. The molecule has 0 atom stereocenters. The van der Waals surface area contributed by atoms with E-state index in [0.717, 1.165) is 33.7 Å². The van der Waals surface area contributed by atoms with Crippen LogP contribution >= 0.6 is 0 Å². The quantitative estimate of drug-likeness (QED) is 0.456. The second-order valence-electron chi connectivity index (χ2n) is 6.59. The topological polar surface area (TPSA) is 55.1 Å². The molecule has 2 aromatic carbocycles. The largest absolute Gasteiger partial charge is 0.339 e. The zero-order chi connectivity index (χ0) is 19.6. The van der Waals surface area contributed by atoms with E-state index in [1.165, 1.54) is 12.1 Å². The maximum Gasteiger partial charge on any atom is 0.148 e. The lowest BCUT2D eigenvalue weighted by molar-refractivity contribution is 0.628. The van der Waals surface area contributed by atoms with Gasteiger partial charge in [-0.2, -0.15) is 0 Å². The Morgan fingerprint density at radius 2 is 1.69 bits per heavy atom. The maximum atomic E-state index is 13.2. The van der Waals surface area contributed by atoms with Crippen LogP contribution in [0.5, 0.6) is 0 Å². The summed E-state index contributed by atoms with van der Waals surface area (Å²) in [6.45, 7) is 0. The van der Waals surface area contributed by atoms with E-state index in [0.29, 0.717) is 5.82 Å². The van der Waals surface area contributed by atoms with Crippen molar-refractivity contribution in [1.29, 1.82) is 0 Å². The van der Waals surface area contributed by atoms with E-state index in [4.69, 9.17) is 0 Å². The molecule has 6 heteroatoms. The number of hydrogen-bond donors (Lipinski definition) is 1. The highest BCUT2D eigenvalue weighted by Crippen LogP contribution is 2.27. The van der Waals surface area contributed by atoms with Gasteiger partial charge in [0.15, 0.2) is 0 Å². The molecule has 0 saturated heterocycles. The van der Waals surface area contributed by atoms with Crippen molar-refractivity contribution in [2.75, 3.05) is 5.32 Å². The van der Waals surface area contributed by atoms with Gasteiger partial charge in [-0.05, 0) is 47.5 Å². The van der Waals surface area contributed by atoms with E-state index in [1.54, 1.807) is 30.7 Å². The SMILES string of the molecule is Fc1ccc(-c2ccn3c(-c4cccc(Nc5cnccn5)c4)cnc3c2)cc1. The highest BCUT2D eigenvalue weighted by molar-refractivity contribution is 5.73. The number of aromatic nitrogens is 4. The Kier molecular flexibility index (Phi) is 4.22. The summed E-state index contributed by atoms with van der Waals surface area (Å²) < 4.78 is 15.2. The number of benzene rings is 2. The van der Waals surface area contributed by atoms with Gasteiger partial charge in [0.25, 0.3) is 0 Å². The molecule has 3 heterocycles. The summed E-state index contributed by atoms with van der Waals surface area (Å²) in [5.74, 6) is 0.444. The normalized spacial score (nSPS) is 10.9. The van der Waals surface area contributed by atoms with E-state index in [-0.39, 0.29) is 5.82 Å². The minimum atomic E-state index is -0.243. The molecule has 5 aromatic rings. The lowest BCUT2D eigenvalue weighted by Gasteiger charge is -2.08. The molecule has 0 amide bonds. The Morgan fingerprint density at radius 1 is 0.793 bits per heavy atom. The van der Waals surface area contributed by atoms with Gasteiger partial charge in [-0.25, -0.2) is 14.4 Å².